The van der Waals surface area contributed by atoms with Gasteiger partial charge in [-0.05, 0) is 36.8 Å². The van der Waals surface area contributed by atoms with Gasteiger partial charge in [-0.3, -0.25) is 9.78 Å². The Morgan fingerprint density at radius 2 is 1.85 bits per heavy atom. The summed E-state index contributed by atoms with van der Waals surface area (Å²) in [5, 5.41) is 0.896. The second-order valence-corrected chi connectivity index (χ2v) is 4.67. The lowest BCUT2D eigenvalue weighted by molar-refractivity contribution is 0.103. The highest BCUT2D eigenvalue weighted by Crippen LogP contribution is 2.21. The molecule has 0 bridgehead atoms. The molecule has 0 aliphatic carbocycles. The first-order chi connectivity index (χ1) is 9.66. The summed E-state index contributed by atoms with van der Waals surface area (Å²) in [7, 11) is 0. The van der Waals surface area contributed by atoms with Gasteiger partial charge in [0.2, 0.25) is 0 Å². The third kappa shape index (κ3) is 2.07. The molecule has 0 atom stereocenters. The maximum absolute atomic E-state index is 13.4. The predicted molar refractivity (Wildman–Crippen MR) is 76.3 cm³/mol. The molecule has 0 saturated heterocycles. The lowest BCUT2D eigenvalue weighted by Crippen LogP contribution is -2.05. The maximum atomic E-state index is 13.4. The number of ketones is 1. The van der Waals surface area contributed by atoms with Crippen molar-refractivity contribution in [1.82, 2.24) is 4.98 Å². The molecule has 98 valence electrons. The fourth-order valence-corrected chi connectivity index (χ4v) is 2.27. The molecule has 3 heteroatoms. The Hall–Kier alpha value is -2.55. The smallest absolute Gasteiger partial charge is 0.195 e. The fraction of sp³-hybridized carbons (Fsp3) is 0.0588. The number of rotatable bonds is 2. The van der Waals surface area contributed by atoms with Gasteiger partial charge in [-0.1, -0.05) is 24.3 Å². The molecule has 2 nitrogen and oxygen atoms in total. The zero-order valence-corrected chi connectivity index (χ0v) is 10.9. The van der Waals surface area contributed by atoms with Gasteiger partial charge < -0.3 is 0 Å². The summed E-state index contributed by atoms with van der Waals surface area (Å²) in [6.07, 6.45) is 1.65. The predicted octanol–water partition coefficient (Wildman–Crippen LogP) is 3.91. The Bertz CT molecular complexity index is 806. The van der Waals surface area contributed by atoms with Crippen molar-refractivity contribution in [3.63, 3.8) is 0 Å². The molecule has 20 heavy (non-hydrogen) atoms. The van der Waals surface area contributed by atoms with Crippen LogP contribution in [0.2, 0.25) is 0 Å². The molecule has 0 aliphatic heterocycles. The van der Waals surface area contributed by atoms with E-state index in [-0.39, 0.29) is 5.78 Å². The average molecular weight is 265 g/mol. The molecule has 0 radical (unpaired) electrons. The van der Waals surface area contributed by atoms with Crippen molar-refractivity contribution in [2.24, 2.45) is 0 Å². The van der Waals surface area contributed by atoms with Gasteiger partial charge in [0.05, 0.1) is 5.52 Å². The summed E-state index contributed by atoms with van der Waals surface area (Å²) in [5.74, 6) is -0.613. The van der Waals surface area contributed by atoms with E-state index in [1.54, 1.807) is 25.3 Å². The number of aromatic nitrogens is 1. The third-order valence-corrected chi connectivity index (χ3v) is 3.32. The number of carbonyl (C=O) groups is 1. The van der Waals surface area contributed by atoms with Gasteiger partial charge in [0.15, 0.2) is 5.78 Å². The lowest BCUT2D eigenvalue weighted by Gasteiger charge is -2.07. The van der Waals surface area contributed by atoms with Gasteiger partial charge in [-0.25, -0.2) is 4.39 Å². The van der Waals surface area contributed by atoms with Crippen LogP contribution in [0.25, 0.3) is 10.9 Å². The number of hydrogen-bond acceptors (Lipinski definition) is 2. The van der Waals surface area contributed by atoms with Crippen LogP contribution in [0.5, 0.6) is 0 Å². The highest BCUT2D eigenvalue weighted by molar-refractivity contribution is 6.16. The van der Waals surface area contributed by atoms with Crippen LogP contribution < -0.4 is 0 Å². The Morgan fingerprint density at radius 1 is 1.05 bits per heavy atom. The van der Waals surface area contributed by atoms with Gasteiger partial charge in [-0.15, -0.1) is 0 Å². The van der Waals surface area contributed by atoms with E-state index in [0.29, 0.717) is 16.6 Å². The van der Waals surface area contributed by atoms with E-state index in [1.165, 1.54) is 12.1 Å². The zero-order chi connectivity index (χ0) is 14.1. The Morgan fingerprint density at radius 3 is 2.70 bits per heavy atom. The van der Waals surface area contributed by atoms with Gasteiger partial charge in [-0.2, -0.15) is 0 Å². The third-order valence-electron chi connectivity index (χ3n) is 3.32. The van der Waals surface area contributed by atoms with Crippen molar-refractivity contribution >= 4 is 16.7 Å². The Labute approximate surface area is 115 Å². The Balaban J connectivity index is 2.20. The summed E-state index contributed by atoms with van der Waals surface area (Å²) in [6.45, 7) is 1.80. The quantitative estimate of drug-likeness (QED) is 0.657. The molecule has 2 aromatic carbocycles. The highest BCUT2D eigenvalue weighted by atomic mass is 19.1. The van der Waals surface area contributed by atoms with Gasteiger partial charge >= 0.3 is 0 Å². The van der Waals surface area contributed by atoms with Crippen molar-refractivity contribution in [2.45, 2.75) is 6.92 Å². The minimum Gasteiger partial charge on any atom is -0.289 e. The molecule has 3 aromatic rings. The van der Waals surface area contributed by atoms with Crippen LogP contribution in [-0.4, -0.2) is 10.8 Å². The second kappa shape index (κ2) is 4.85. The van der Waals surface area contributed by atoms with E-state index < -0.39 is 5.82 Å². The maximum Gasteiger partial charge on any atom is 0.195 e. The number of nitrogens with zero attached hydrogens (tertiary/aromatic N) is 1. The van der Waals surface area contributed by atoms with Crippen molar-refractivity contribution in [3.8, 4) is 0 Å². The summed E-state index contributed by atoms with van der Waals surface area (Å²) >= 11 is 0. The first-order valence-corrected chi connectivity index (χ1v) is 6.31. The molecule has 0 spiro atoms. The monoisotopic (exact) mass is 265 g/mol. The molecule has 0 saturated carbocycles. The van der Waals surface area contributed by atoms with Crippen LogP contribution in [0.4, 0.5) is 4.39 Å². The van der Waals surface area contributed by atoms with Crippen LogP contribution in [0.1, 0.15) is 21.5 Å². The molecule has 0 unspecified atom stereocenters. The molecule has 0 N–H and O–H groups in total. The standard InChI is InChI=1S/C17H12FNO/c1-11-7-8-13(18)10-15(11)17(20)14-6-2-4-12-5-3-9-19-16(12)14/h2-10H,1H3. The number of aryl methyl sites for hydroxylation is 1. The first kappa shape index (κ1) is 12.5. The number of para-hydroxylation sites is 1. The average Bonchev–Trinajstić information content (AvgIpc) is 2.48. The number of fused-ring (bicyclic) bond motifs is 1. The SMILES string of the molecule is Cc1ccc(F)cc1C(=O)c1cccc2cccnc12. The van der Waals surface area contributed by atoms with Crippen molar-refractivity contribution in [3.05, 3.63) is 77.2 Å². The Kier molecular flexibility index (Phi) is 3.03. The molecule has 0 aliphatic rings. The van der Waals surface area contributed by atoms with E-state index in [4.69, 9.17) is 0 Å². The van der Waals surface area contributed by atoms with Crippen LogP contribution in [0, 0.1) is 12.7 Å². The fourth-order valence-electron chi connectivity index (χ4n) is 2.27. The minimum atomic E-state index is -0.410. The first-order valence-electron chi connectivity index (χ1n) is 6.31. The van der Waals surface area contributed by atoms with Crippen molar-refractivity contribution in [2.75, 3.05) is 0 Å². The normalized spacial score (nSPS) is 10.7. The van der Waals surface area contributed by atoms with Gasteiger partial charge in [0, 0.05) is 22.7 Å². The second-order valence-electron chi connectivity index (χ2n) is 4.67. The molecule has 1 aromatic heterocycles. The van der Waals surface area contributed by atoms with Crippen LogP contribution in [0.15, 0.2) is 54.7 Å². The number of halogens is 1. The topological polar surface area (TPSA) is 30.0 Å². The molecular formula is C17H12FNO. The summed E-state index contributed by atoms with van der Waals surface area (Å²) in [6, 6.07) is 13.4. The largest absolute Gasteiger partial charge is 0.289 e. The summed E-state index contributed by atoms with van der Waals surface area (Å²) < 4.78 is 13.4. The zero-order valence-electron chi connectivity index (χ0n) is 10.9. The van der Waals surface area contributed by atoms with E-state index in [0.717, 1.165) is 10.9 Å². The number of benzene rings is 2. The molecule has 3 rings (SSSR count). The molecular weight excluding hydrogens is 253 g/mol. The van der Waals surface area contributed by atoms with Gasteiger partial charge in [0.25, 0.3) is 0 Å². The van der Waals surface area contributed by atoms with E-state index >= 15 is 0 Å². The van der Waals surface area contributed by atoms with Crippen LogP contribution in [0.3, 0.4) is 0 Å². The van der Waals surface area contributed by atoms with E-state index in [1.807, 2.05) is 24.3 Å². The van der Waals surface area contributed by atoms with Crippen LogP contribution >= 0.6 is 0 Å². The number of hydrogen-bond donors (Lipinski definition) is 0. The molecule has 1 heterocycles. The van der Waals surface area contributed by atoms with Gasteiger partial charge in [0.1, 0.15) is 5.82 Å². The molecule has 0 amide bonds. The van der Waals surface area contributed by atoms with E-state index in [9.17, 15) is 9.18 Å². The summed E-state index contributed by atoms with van der Waals surface area (Å²) in [5.41, 5.74) is 2.27. The van der Waals surface area contributed by atoms with Crippen molar-refractivity contribution in [1.29, 1.82) is 0 Å². The minimum absolute atomic E-state index is 0.202. The summed E-state index contributed by atoms with van der Waals surface area (Å²) in [4.78, 5) is 16.9. The number of carbonyl (C=O) groups excluding carboxylic acids is 1. The van der Waals surface area contributed by atoms with E-state index in [2.05, 4.69) is 4.98 Å². The number of pyridine rings is 1. The van der Waals surface area contributed by atoms with Crippen molar-refractivity contribution < 1.29 is 9.18 Å². The van der Waals surface area contributed by atoms with Crippen LogP contribution in [-0.2, 0) is 0 Å². The lowest BCUT2D eigenvalue weighted by atomic mass is 9.97. The highest BCUT2D eigenvalue weighted by Gasteiger charge is 2.15. The molecule has 0 fully saturated rings.